The van der Waals surface area contributed by atoms with Crippen molar-refractivity contribution in [1.82, 2.24) is 14.9 Å². The number of imidazole rings is 1. The summed E-state index contributed by atoms with van der Waals surface area (Å²) in [7, 11) is 1.98. The lowest BCUT2D eigenvalue weighted by molar-refractivity contribution is 0.0987. The standard InChI is InChI=1S/C17H27N3O/c1-6-12(4)19-16(11(2)3)17(21)13-7-8-15-14(9-13)18-10-20(15)5/h7-12,16-17,19,21H,6H2,1-5H3. The quantitative estimate of drug-likeness (QED) is 0.859. The number of aliphatic hydroxyl groups excluding tert-OH is 1. The molecule has 0 saturated carbocycles. The van der Waals surface area contributed by atoms with Gasteiger partial charge in [-0.2, -0.15) is 0 Å². The van der Waals surface area contributed by atoms with Gasteiger partial charge < -0.3 is 15.0 Å². The topological polar surface area (TPSA) is 50.1 Å². The number of rotatable bonds is 6. The molecule has 0 spiro atoms. The predicted molar refractivity (Wildman–Crippen MR) is 87.2 cm³/mol. The van der Waals surface area contributed by atoms with Gasteiger partial charge in [0.1, 0.15) is 0 Å². The van der Waals surface area contributed by atoms with Crippen molar-refractivity contribution >= 4 is 11.0 Å². The summed E-state index contributed by atoms with van der Waals surface area (Å²) in [6, 6.07) is 6.46. The highest BCUT2D eigenvalue weighted by atomic mass is 16.3. The van der Waals surface area contributed by atoms with Crippen LogP contribution in [0.1, 0.15) is 45.8 Å². The van der Waals surface area contributed by atoms with Crippen LogP contribution in [0, 0.1) is 5.92 Å². The molecule has 2 N–H and O–H groups in total. The fraction of sp³-hybridized carbons (Fsp3) is 0.588. The fourth-order valence-electron chi connectivity index (χ4n) is 2.64. The second kappa shape index (κ2) is 6.58. The molecule has 0 amide bonds. The van der Waals surface area contributed by atoms with Crippen LogP contribution in [0.25, 0.3) is 11.0 Å². The van der Waals surface area contributed by atoms with E-state index in [-0.39, 0.29) is 6.04 Å². The summed E-state index contributed by atoms with van der Waals surface area (Å²) in [5, 5.41) is 14.3. The minimum atomic E-state index is -0.523. The first-order chi connectivity index (χ1) is 9.93. The van der Waals surface area contributed by atoms with Gasteiger partial charge in [-0.3, -0.25) is 0 Å². The fourth-order valence-corrected chi connectivity index (χ4v) is 2.64. The Balaban J connectivity index is 2.27. The van der Waals surface area contributed by atoms with E-state index < -0.39 is 6.10 Å². The molecule has 21 heavy (non-hydrogen) atoms. The average molecular weight is 289 g/mol. The van der Waals surface area contributed by atoms with Gasteiger partial charge in [0.2, 0.25) is 0 Å². The maximum Gasteiger partial charge on any atom is 0.0955 e. The molecule has 4 nitrogen and oxygen atoms in total. The Kier molecular flexibility index (Phi) is 5.01. The minimum absolute atomic E-state index is 0.0427. The Morgan fingerprint density at radius 2 is 2.00 bits per heavy atom. The van der Waals surface area contributed by atoms with E-state index in [1.807, 2.05) is 29.8 Å². The Hall–Kier alpha value is -1.39. The number of aliphatic hydroxyl groups is 1. The Morgan fingerprint density at radius 1 is 1.29 bits per heavy atom. The van der Waals surface area contributed by atoms with E-state index in [4.69, 9.17) is 0 Å². The van der Waals surface area contributed by atoms with Gasteiger partial charge in [0.05, 0.1) is 23.5 Å². The molecule has 0 bridgehead atoms. The summed E-state index contributed by atoms with van der Waals surface area (Å²) >= 11 is 0. The van der Waals surface area contributed by atoms with Crippen LogP contribution in [-0.4, -0.2) is 26.7 Å². The van der Waals surface area contributed by atoms with Gasteiger partial charge >= 0.3 is 0 Å². The number of nitrogens with zero attached hydrogens (tertiary/aromatic N) is 2. The van der Waals surface area contributed by atoms with Crippen LogP contribution < -0.4 is 5.32 Å². The molecule has 116 valence electrons. The summed E-state index contributed by atoms with van der Waals surface area (Å²) in [5.74, 6) is 0.355. The van der Waals surface area contributed by atoms with E-state index in [1.165, 1.54) is 0 Å². The second-order valence-corrected chi connectivity index (χ2v) is 6.29. The van der Waals surface area contributed by atoms with Crippen LogP contribution in [0.3, 0.4) is 0 Å². The lowest BCUT2D eigenvalue weighted by Crippen LogP contribution is -2.43. The number of hydrogen-bond acceptors (Lipinski definition) is 3. The summed E-state index contributed by atoms with van der Waals surface area (Å²) < 4.78 is 1.99. The summed E-state index contributed by atoms with van der Waals surface area (Å²) in [4.78, 5) is 4.37. The SMILES string of the molecule is CCC(C)NC(C(C)C)C(O)c1ccc2c(c1)ncn2C. The minimum Gasteiger partial charge on any atom is -0.387 e. The maximum absolute atomic E-state index is 10.8. The molecule has 0 aliphatic carbocycles. The predicted octanol–water partition coefficient (Wildman–Crippen LogP) is 3.02. The van der Waals surface area contributed by atoms with E-state index in [0.29, 0.717) is 12.0 Å². The highest BCUT2D eigenvalue weighted by Gasteiger charge is 2.25. The third-order valence-corrected chi connectivity index (χ3v) is 4.24. The van der Waals surface area contributed by atoms with Crippen molar-refractivity contribution in [2.45, 2.75) is 52.3 Å². The van der Waals surface area contributed by atoms with Crippen LogP contribution in [0.4, 0.5) is 0 Å². The molecule has 2 rings (SSSR count). The third kappa shape index (κ3) is 3.44. The highest BCUT2D eigenvalue weighted by Crippen LogP contribution is 2.25. The van der Waals surface area contributed by atoms with Gasteiger partial charge in [0.25, 0.3) is 0 Å². The lowest BCUT2D eigenvalue weighted by Gasteiger charge is -2.30. The first-order valence-electron chi connectivity index (χ1n) is 7.79. The van der Waals surface area contributed by atoms with Gasteiger partial charge in [-0.1, -0.05) is 26.8 Å². The zero-order chi connectivity index (χ0) is 15.6. The molecule has 0 aliphatic heterocycles. The number of aryl methyl sites for hydroxylation is 1. The zero-order valence-corrected chi connectivity index (χ0v) is 13.7. The van der Waals surface area contributed by atoms with Crippen LogP contribution in [0.2, 0.25) is 0 Å². The molecule has 1 aromatic carbocycles. The number of aromatic nitrogens is 2. The molecule has 4 heteroatoms. The van der Waals surface area contributed by atoms with Crippen molar-refractivity contribution in [2.75, 3.05) is 0 Å². The van der Waals surface area contributed by atoms with Gasteiger partial charge in [-0.05, 0) is 37.0 Å². The zero-order valence-electron chi connectivity index (χ0n) is 13.7. The first kappa shape index (κ1) is 16.0. The van der Waals surface area contributed by atoms with Crippen LogP contribution in [0.5, 0.6) is 0 Å². The summed E-state index contributed by atoms with van der Waals surface area (Å²) in [6.45, 7) is 8.59. The largest absolute Gasteiger partial charge is 0.387 e. The molecule has 3 atom stereocenters. The number of hydrogen-bond donors (Lipinski definition) is 2. The van der Waals surface area contributed by atoms with E-state index >= 15 is 0 Å². The van der Waals surface area contributed by atoms with Crippen molar-refractivity contribution in [3.8, 4) is 0 Å². The monoisotopic (exact) mass is 289 g/mol. The number of benzene rings is 1. The molecular formula is C17H27N3O. The van der Waals surface area contributed by atoms with E-state index in [1.54, 1.807) is 6.33 Å². The molecule has 0 aliphatic rings. The first-order valence-corrected chi connectivity index (χ1v) is 7.79. The molecule has 2 aromatic rings. The highest BCUT2D eigenvalue weighted by molar-refractivity contribution is 5.76. The molecular weight excluding hydrogens is 262 g/mol. The number of nitrogens with one attached hydrogen (secondary N) is 1. The molecule has 0 radical (unpaired) electrons. The molecule has 1 heterocycles. The van der Waals surface area contributed by atoms with Crippen molar-refractivity contribution in [3.05, 3.63) is 30.1 Å². The third-order valence-electron chi connectivity index (χ3n) is 4.24. The van der Waals surface area contributed by atoms with Gasteiger partial charge in [0.15, 0.2) is 0 Å². The lowest BCUT2D eigenvalue weighted by atomic mass is 9.92. The van der Waals surface area contributed by atoms with E-state index in [0.717, 1.165) is 23.0 Å². The number of fused-ring (bicyclic) bond motifs is 1. The van der Waals surface area contributed by atoms with Crippen molar-refractivity contribution < 1.29 is 5.11 Å². The van der Waals surface area contributed by atoms with Crippen LogP contribution in [0.15, 0.2) is 24.5 Å². The van der Waals surface area contributed by atoms with E-state index in [2.05, 4.69) is 38.0 Å². The normalized spacial score (nSPS) is 16.3. The van der Waals surface area contributed by atoms with Gasteiger partial charge in [0, 0.05) is 19.1 Å². The van der Waals surface area contributed by atoms with Crippen molar-refractivity contribution in [3.63, 3.8) is 0 Å². The van der Waals surface area contributed by atoms with Crippen molar-refractivity contribution in [1.29, 1.82) is 0 Å². The van der Waals surface area contributed by atoms with Gasteiger partial charge in [-0.15, -0.1) is 0 Å². The van der Waals surface area contributed by atoms with Crippen LogP contribution >= 0.6 is 0 Å². The Labute approximate surface area is 127 Å². The summed E-state index contributed by atoms with van der Waals surface area (Å²) in [5.41, 5.74) is 2.94. The molecule has 0 fully saturated rings. The average Bonchev–Trinajstić information content (AvgIpc) is 2.84. The maximum atomic E-state index is 10.8. The van der Waals surface area contributed by atoms with Gasteiger partial charge in [-0.25, -0.2) is 4.98 Å². The van der Waals surface area contributed by atoms with Crippen molar-refractivity contribution in [2.24, 2.45) is 13.0 Å². The summed E-state index contributed by atoms with van der Waals surface area (Å²) in [6.07, 6.45) is 2.33. The molecule has 3 unspecified atom stereocenters. The molecule has 1 aromatic heterocycles. The molecule has 0 saturated heterocycles. The Morgan fingerprint density at radius 3 is 2.62 bits per heavy atom. The van der Waals surface area contributed by atoms with E-state index in [9.17, 15) is 5.11 Å². The van der Waals surface area contributed by atoms with Crippen LogP contribution in [-0.2, 0) is 7.05 Å². The second-order valence-electron chi connectivity index (χ2n) is 6.29. The smallest absolute Gasteiger partial charge is 0.0955 e. The Bertz CT molecular complexity index is 591.